The number of rotatable bonds is 6. The molecule has 0 unspecified atom stereocenters. The first-order valence-corrected chi connectivity index (χ1v) is 8.50. The van der Waals surface area contributed by atoms with Crippen molar-refractivity contribution in [1.29, 1.82) is 0 Å². The van der Waals surface area contributed by atoms with Gasteiger partial charge < -0.3 is 10.6 Å². The predicted molar refractivity (Wildman–Crippen MR) is 94.9 cm³/mol. The Balaban J connectivity index is 1.80. The summed E-state index contributed by atoms with van der Waals surface area (Å²) in [6, 6.07) is 8.04. The van der Waals surface area contributed by atoms with E-state index < -0.39 is 0 Å². The Morgan fingerprint density at radius 3 is 2.39 bits per heavy atom. The van der Waals surface area contributed by atoms with Crippen molar-refractivity contribution < 1.29 is 9.59 Å². The zero-order valence-electron chi connectivity index (χ0n) is 13.7. The SMILES string of the molecule is Cc1cc(C)c(NC(=O)CNC(=O)CCc2cccs2)c(C)c1. The van der Waals surface area contributed by atoms with Crippen molar-refractivity contribution in [2.75, 3.05) is 11.9 Å². The molecule has 0 aliphatic heterocycles. The van der Waals surface area contributed by atoms with Crippen molar-refractivity contribution >= 4 is 28.8 Å². The van der Waals surface area contributed by atoms with Gasteiger partial charge in [-0.25, -0.2) is 0 Å². The maximum Gasteiger partial charge on any atom is 0.243 e. The monoisotopic (exact) mass is 330 g/mol. The molecule has 2 rings (SSSR count). The molecule has 0 radical (unpaired) electrons. The topological polar surface area (TPSA) is 58.2 Å². The molecule has 5 heteroatoms. The zero-order valence-corrected chi connectivity index (χ0v) is 14.5. The second kappa shape index (κ2) is 7.92. The van der Waals surface area contributed by atoms with Crippen molar-refractivity contribution in [3.05, 3.63) is 51.2 Å². The summed E-state index contributed by atoms with van der Waals surface area (Å²) in [5.41, 5.74) is 4.05. The number of aryl methyl sites for hydroxylation is 4. The molecule has 2 amide bonds. The van der Waals surface area contributed by atoms with E-state index in [0.717, 1.165) is 16.8 Å². The van der Waals surface area contributed by atoms with E-state index in [9.17, 15) is 9.59 Å². The molecule has 4 nitrogen and oxygen atoms in total. The van der Waals surface area contributed by atoms with Gasteiger partial charge in [-0.1, -0.05) is 23.8 Å². The summed E-state index contributed by atoms with van der Waals surface area (Å²) in [4.78, 5) is 25.0. The molecule has 23 heavy (non-hydrogen) atoms. The highest BCUT2D eigenvalue weighted by Crippen LogP contribution is 2.21. The fourth-order valence-electron chi connectivity index (χ4n) is 2.52. The first kappa shape index (κ1) is 17.2. The molecule has 2 aromatic rings. The van der Waals surface area contributed by atoms with E-state index in [-0.39, 0.29) is 18.4 Å². The van der Waals surface area contributed by atoms with Gasteiger partial charge in [0.1, 0.15) is 0 Å². The van der Waals surface area contributed by atoms with E-state index in [0.29, 0.717) is 12.8 Å². The molecular weight excluding hydrogens is 308 g/mol. The Kier molecular flexibility index (Phi) is 5.93. The molecule has 0 atom stereocenters. The summed E-state index contributed by atoms with van der Waals surface area (Å²) in [5, 5.41) is 7.54. The molecule has 0 aliphatic carbocycles. The minimum atomic E-state index is -0.204. The average Bonchev–Trinajstić information content (AvgIpc) is 3.00. The molecule has 1 aromatic carbocycles. The molecule has 2 N–H and O–H groups in total. The highest BCUT2D eigenvalue weighted by Gasteiger charge is 2.10. The summed E-state index contributed by atoms with van der Waals surface area (Å²) in [5.74, 6) is -0.310. The molecule has 0 saturated heterocycles. The van der Waals surface area contributed by atoms with Gasteiger partial charge in [0.2, 0.25) is 11.8 Å². The van der Waals surface area contributed by atoms with Gasteiger partial charge >= 0.3 is 0 Å². The third kappa shape index (κ3) is 5.21. The molecule has 0 bridgehead atoms. The standard InChI is InChI=1S/C18H22N2O2S/c1-12-9-13(2)18(14(3)10-12)20-17(22)11-19-16(21)7-6-15-5-4-8-23-15/h4-5,8-10H,6-7,11H2,1-3H3,(H,19,21)(H,20,22). The van der Waals surface area contributed by atoms with Gasteiger partial charge in [-0.2, -0.15) is 0 Å². The Morgan fingerprint density at radius 2 is 1.78 bits per heavy atom. The van der Waals surface area contributed by atoms with Crippen molar-refractivity contribution in [2.45, 2.75) is 33.6 Å². The number of amides is 2. The number of thiophene rings is 1. The average molecular weight is 330 g/mol. The molecular formula is C18H22N2O2S. The largest absolute Gasteiger partial charge is 0.347 e. The molecule has 0 aliphatic rings. The van der Waals surface area contributed by atoms with Gasteiger partial charge in [0.25, 0.3) is 0 Å². The lowest BCUT2D eigenvalue weighted by Gasteiger charge is -2.13. The van der Waals surface area contributed by atoms with Crippen LogP contribution in [0.2, 0.25) is 0 Å². The van der Waals surface area contributed by atoms with E-state index in [2.05, 4.69) is 10.6 Å². The van der Waals surface area contributed by atoms with Crippen LogP contribution in [0.5, 0.6) is 0 Å². The number of carbonyl (C=O) groups excluding carboxylic acids is 2. The minimum absolute atomic E-state index is 0.00394. The van der Waals surface area contributed by atoms with Crippen LogP contribution in [-0.2, 0) is 16.0 Å². The van der Waals surface area contributed by atoms with Crippen LogP contribution in [-0.4, -0.2) is 18.4 Å². The smallest absolute Gasteiger partial charge is 0.243 e. The van der Waals surface area contributed by atoms with Gasteiger partial charge in [-0.15, -0.1) is 11.3 Å². The van der Waals surface area contributed by atoms with Crippen molar-refractivity contribution in [3.63, 3.8) is 0 Å². The van der Waals surface area contributed by atoms with Crippen LogP contribution in [0.3, 0.4) is 0 Å². The Labute approximate surface area is 140 Å². The molecule has 1 heterocycles. The third-order valence-electron chi connectivity index (χ3n) is 3.57. The van der Waals surface area contributed by atoms with E-state index >= 15 is 0 Å². The molecule has 0 spiro atoms. The number of hydrogen-bond donors (Lipinski definition) is 2. The van der Waals surface area contributed by atoms with Crippen LogP contribution in [0.1, 0.15) is 28.0 Å². The molecule has 0 saturated carbocycles. The molecule has 122 valence electrons. The summed E-state index contributed by atoms with van der Waals surface area (Å²) >= 11 is 1.64. The highest BCUT2D eigenvalue weighted by atomic mass is 32.1. The number of nitrogens with one attached hydrogen (secondary N) is 2. The fraction of sp³-hybridized carbons (Fsp3) is 0.333. The van der Waals surface area contributed by atoms with Gasteiger partial charge in [0.05, 0.1) is 6.54 Å². The number of hydrogen-bond acceptors (Lipinski definition) is 3. The van der Waals surface area contributed by atoms with Gasteiger partial charge in [0.15, 0.2) is 0 Å². The van der Waals surface area contributed by atoms with Gasteiger partial charge in [-0.3, -0.25) is 9.59 Å². The Hall–Kier alpha value is -2.14. The van der Waals surface area contributed by atoms with E-state index in [1.807, 2.05) is 50.4 Å². The lowest BCUT2D eigenvalue weighted by molar-refractivity contribution is -0.124. The lowest BCUT2D eigenvalue weighted by atomic mass is 10.1. The Morgan fingerprint density at radius 1 is 1.09 bits per heavy atom. The normalized spacial score (nSPS) is 10.4. The van der Waals surface area contributed by atoms with E-state index in [1.165, 1.54) is 10.4 Å². The van der Waals surface area contributed by atoms with Crippen LogP contribution in [0, 0.1) is 20.8 Å². The van der Waals surface area contributed by atoms with Crippen molar-refractivity contribution in [2.24, 2.45) is 0 Å². The minimum Gasteiger partial charge on any atom is -0.347 e. The van der Waals surface area contributed by atoms with Crippen molar-refractivity contribution in [3.8, 4) is 0 Å². The second-order valence-electron chi connectivity index (χ2n) is 5.68. The summed E-state index contributed by atoms with van der Waals surface area (Å²) in [7, 11) is 0. The maximum atomic E-state index is 12.0. The first-order valence-electron chi connectivity index (χ1n) is 7.62. The van der Waals surface area contributed by atoms with Crippen LogP contribution >= 0.6 is 11.3 Å². The molecule has 1 aromatic heterocycles. The van der Waals surface area contributed by atoms with E-state index in [1.54, 1.807) is 11.3 Å². The highest BCUT2D eigenvalue weighted by molar-refractivity contribution is 7.09. The van der Waals surface area contributed by atoms with Crippen LogP contribution in [0.15, 0.2) is 29.6 Å². The quantitative estimate of drug-likeness (QED) is 0.853. The second-order valence-corrected chi connectivity index (χ2v) is 6.71. The number of carbonyl (C=O) groups is 2. The maximum absolute atomic E-state index is 12.0. The van der Waals surface area contributed by atoms with Crippen LogP contribution in [0.25, 0.3) is 0 Å². The first-order chi connectivity index (χ1) is 11.0. The van der Waals surface area contributed by atoms with Crippen molar-refractivity contribution in [1.82, 2.24) is 5.32 Å². The third-order valence-corrected chi connectivity index (χ3v) is 4.50. The number of anilines is 1. The number of benzene rings is 1. The zero-order chi connectivity index (χ0) is 16.8. The summed E-state index contributed by atoms with van der Waals surface area (Å²) in [6.07, 6.45) is 1.11. The Bertz CT molecular complexity index is 670. The van der Waals surface area contributed by atoms with Crippen LogP contribution in [0.4, 0.5) is 5.69 Å². The van der Waals surface area contributed by atoms with Gasteiger partial charge in [-0.05, 0) is 49.8 Å². The molecule has 0 fully saturated rings. The van der Waals surface area contributed by atoms with Crippen LogP contribution < -0.4 is 10.6 Å². The predicted octanol–water partition coefficient (Wildman–Crippen LogP) is 3.36. The summed E-state index contributed by atoms with van der Waals surface area (Å²) in [6.45, 7) is 5.96. The van der Waals surface area contributed by atoms with E-state index in [4.69, 9.17) is 0 Å². The lowest BCUT2D eigenvalue weighted by Crippen LogP contribution is -2.33. The van der Waals surface area contributed by atoms with Gasteiger partial charge in [0, 0.05) is 17.0 Å². The fourth-order valence-corrected chi connectivity index (χ4v) is 3.23. The summed E-state index contributed by atoms with van der Waals surface area (Å²) < 4.78 is 0.